The summed E-state index contributed by atoms with van der Waals surface area (Å²) >= 11 is 0. The molecule has 0 aliphatic heterocycles. The molecule has 0 unspecified atom stereocenters. The highest BCUT2D eigenvalue weighted by atomic mass is 16.5. The van der Waals surface area contributed by atoms with Gasteiger partial charge in [0.1, 0.15) is 6.04 Å². The zero-order valence-corrected chi connectivity index (χ0v) is 14.2. The fraction of sp³-hybridized carbons (Fsp3) is 0.800. The molecule has 0 aliphatic carbocycles. The predicted octanol–water partition coefficient (Wildman–Crippen LogP) is 0.965. The Morgan fingerprint density at radius 1 is 1.05 bits per heavy atom. The van der Waals surface area contributed by atoms with E-state index in [0.29, 0.717) is 19.3 Å². The molecule has 128 valence electrons. The largest absolute Gasteiger partial charge is 0.357 e. The molecule has 0 saturated carbocycles. The van der Waals surface area contributed by atoms with Crippen LogP contribution in [0.25, 0.3) is 0 Å². The Kier molecular flexibility index (Phi) is 8.70. The molecule has 0 aliphatic rings. The van der Waals surface area contributed by atoms with Gasteiger partial charge >= 0.3 is 0 Å². The third-order valence-corrected chi connectivity index (χ3v) is 3.53. The van der Waals surface area contributed by atoms with Crippen LogP contribution in [0.2, 0.25) is 0 Å². The van der Waals surface area contributed by atoms with Crippen molar-refractivity contribution in [1.29, 1.82) is 0 Å². The lowest BCUT2D eigenvalue weighted by atomic mass is 9.86. The maximum absolute atomic E-state index is 12.0. The lowest BCUT2D eigenvalue weighted by molar-refractivity contribution is -0.131. The van der Waals surface area contributed by atoms with Gasteiger partial charge < -0.3 is 10.6 Å². The highest BCUT2D eigenvalue weighted by molar-refractivity contribution is 5.88. The maximum atomic E-state index is 12.0. The van der Waals surface area contributed by atoms with E-state index in [-0.39, 0.29) is 29.6 Å². The van der Waals surface area contributed by atoms with E-state index in [1.165, 1.54) is 0 Å². The van der Waals surface area contributed by atoms with Gasteiger partial charge in [0.2, 0.25) is 17.7 Å². The van der Waals surface area contributed by atoms with E-state index >= 15 is 0 Å². The van der Waals surface area contributed by atoms with E-state index in [4.69, 9.17) is 5.21 Å². The number of rotatable bonds is 8. The Hall–Kier alpha value is -1.63. The minimum atomic E-state index is -0.583. The Balaban J connectivity index is 4.31. The molecule has 7 heteroatoms. The molecule has 0 aromatic heterocycles. The third kappa shape index (κ3) is 7.97. The van der Waals surface area contributed by atoms with Gasteiger partial charge in [0.15, 0.2) is 0 Å². The van der Waals surface area contributed by atoms with Crippen molar-refractivity contribution in [1.82, 2.24) is 16.1 Å². The second kappa shape index (κ2) is 9.40. The molecule has 0 aromatic carbocycles. The van der Waals surface area contributed by atoms with Gasteiger partial charge in [-0.3, -0.25) is 19.6 Å². The fourth-order valence-corrected chi connectivity index (χ4v) is 2.01. The zero-order valence-electron chi connectivity index (χ0n) is 14.2. The van der Waals surface area contributed by atoms with E-state index in [9.17, 15) is 14.4 Å². The molecule has 22 heavy (non-hydrogen) atoms. The summed E-state index contributed by atoms with van der Waals surface area (Å²) in [6.07, 6.45) is 1.74. The number of carbonyl (C=O) groups excluding carboxylic acids is 3. The van der Waals surface area contributed by atoms with Crippen LogP contribution < -0.4 is 16.1 Å². The summed E-state index contributed by atoms with van der Waals surface area (Å²) in [5.74, 6) is -0.643. The number of hydroxylamine groups is 1. The number of nitrogens with one attached hydrogen (secondary N) is 3. The van der Waals surface area contributed by atoms with Crippen molar-refractivity contribution in [3.05, 3.63) is 0 Å². The average Bonchev–Trinajstić information content (AvgIpc) is 2.45. The SMILES string of the molecule is CNC(=O)[C@@H](NC(=O)CC[C@@H](C)CCC(=O)NO)C(C)(C)C. The Morgan fingerprint density at radius 3 is 1.95 bits per heavy atom. The smallest absolute Gasteiger partial charge is 0.243 e. The Labute approximate surface area is 132 Å². The summed E-state index contributed by atoms with van der Waals surface area (Å²) < 4.78 is 0. The Morgan fingerprint density at radius 2 is 1.55 bits per heavy atom. The lowest BCUT2D eigenvalue weighted by Gasteiger charge is -2.30. The molecule has 2 atom stereocenters. The van der Waals surface area contributed by atoms with Gasteiger partial charge in [-0.2, -0.15) is 0 Å². The van der Waals surface area contributed by atoms with Gasteiger partial charge in [0.25, 0.3) is 0 Å². The minimum Gasteiger partial charge on any atom is -0.357 e. The zero-order chi connectivity index (χ0) is 17.3. The molecule has 4 N–H and O–H groups in total. The van der Waals surface area contributed by atoms with Gasteiger partial charge in [-0.05, 0) is 24.2 Å². The molecule has 0 aromatic rings. The Bertz CT molecular complexity index is 391. The quantitative estimate of drug-likeness (QED) is 0.395. The van der Waals surface area contributed by atoms with Crippen LogP contribution in [0.15, 0.2) is 0 Å². The first kappa shape index (κ1) is 20.4. The van der Waals surface area contributed by atoms with Gasteiger partial charge in [-0.25, -0.2) is 5.48 Å². The summed E-state index contributed by atoms with van der Waals surface area (Å²) in [5, 5.41) is 13.7. The van der Waals surface area contributed by atoms with Crippen molar-refractivity contribution >= 4 is 17.7 Å². The topological polar surface area (TPSA) is 108 Å². The molecule has 0 radical (unpaired) electrons. The van der Waals surface area contributed by atoms with E-state index in [1.807, 2.05) is 27.7 Å². The van der Waals surface area contributed by atoms with Crippen molar-refractivity contribution in [3.63, 3.8) is 0 Å². The van der Waals surface area contributed by atoms with Gasteiger partial charge in [0, 0.05) is 19.9 Å². The van der Waals surface area contributed by atoms with E-state index in [0.717, 1.165) is 0 Å². The van der Waals surface area contributed by atoms with Crippen LogP contribution in [0.3, 0.4) is 0 Å². The summed E-state index contributed by atoms with van der Waals surface area (Å²) in [4.78, 5) is 34.8. The molecule has 0 saturated heterocycles. The summed E-state index contributed by atoms with van der Waals surface area (Å²) in [7, 11) is 1.54. The molecule has 0 rings (SSSR count). The maximum Gasteiger partial charge on any atom is 0.243 e. The molecule has 0 fully saturated rings. The normalized spacial score (nSPS) is 13.9. The summed E-state index contributed by atoms with van der Waals surface area (Å²) in [6.45, 7) is 7.62. The molecular formula is C15H29N3O4. The van der Waals surface area contributed by atoms with Crippen LogP contribution in [0.5, 0.6) is 0 Å². The van der Waals surface area contributed by atoms with Crippen molar-refractivity contribution in [3.8, 4) is 0 Å². The highest BCUT2D eigenvalue weighted by Crippen LogP contribution is 2.20. The summed E-state index contributed by atoms with van der Waals surface area (Å²) in [6, 6.07) is -0.583. The third-order valence-electron chi connectivity index (χ3n) is 3.53. The van der Waals surface area contributed by atoms with Crippen molar-refractivity contribution < 1.29 is 19.6 Å². The number of likely N-dealkylation sites (N-methyl/N-ethyl adjacent to an activating group) is 1. The van der Waals surface area contributed by atoms with Crippen molar-refractivity contribution in [2.45, 2.75) is 59.4 Å². The average molecular weight is 315 g/mol. The number of carbonyl (C=O) groups is 3. The molecule has 0 spiro atoms. The van der Waals surface area contributed by atoms with Crippen LogP contribution in [0.4, 0.5) is 0 Å². The first-order valence-corrected chi connectivity index (χ1v) is 7.55. The number of amides is 3. The minimum absolute atomic E-state index is 0.177. The highest BCUT2D eigenvalue weighted by Gasteiger charge is 2.31. The molecule has 0 heterocycles. The molecule has 0 bridgehead atoms. The second-order valence-corrected chi connectivity index (χ2v) is 6.70. The first-order chi connectivity index (χ1) is 10.1. The fourth-order valence-electron chi connectivity index (χ4n) is 2.01. The van der Waals surface area contributed by atoms with Crippen LogP contribution in [-0.2, 0) is 14.4 Å². The molecular weight excluding hydrogens is 286 g/mol. The van der Waals surface area contributed by atoms with Crippen LogP contribution in [0, 0.1) is 11.3 Å². The van der Waals surface area contributed by atoms with Crippen molar-refractivity contribution in [2.75, 3.05) is 7.05 Å². The first-order valence-electron chi connectivity index (χ1n) is 7.55. The van der Waals surface area contributed by atoms with Crippen molar-refractivity contribution in [2.24, 2.45) is 11.3 Å². The number of hydrogen-bond donors (Lipinski definition) is 4. The van der Waals surface area contributed by atoms with Crippen LogP contribution >= 0.6 is 0 Å². The molecule has 7 nitrogen and oxygen atoms in total. The van der Waals surface area contributed by atoms with E-state index in [1.54, 1.807) is 12.5 Å². The van der Waals surface area contributed by atoms with E-state index < -0.39 is 11.9 Å². The molecule has 3 amide bonds. The predicted molar refractivity (Wildman–Crippen MR) is 83.0 cm³/mol. The van der Waals surface area contributed by atoms with Gasteiger partial charge in [-0.1, -0.05) is 27.7 Å². The van der Waals surface area contributed by atoms with Gasteiger partial charge in [0.05, 0.1) is 0 Å². The lowest BCUT2D eigenvalue weighted by Crippen LogP contribution is -2.52. The summed E-state index contributed by atoms with van der Waals surface area (Å²) in [5.41, 5.74) is 1.21. The second-order valence-electron chi connectivity index (χ2n) is 6.70. The number of hydrogen-bond acceptors (Lipinski definition) is 4. The standard InChI is InChI=1S/C15H29N3O4/c1-10(7-9-12(20)18-22)6-8-11(19)17-13(14(21)16-5)15(2,3)4/h10,13,22H,6-9H2,1-5H3,(H,16,21)(H,17,19)(H,18,20)/t10-,13-/m1/s1. The van der Waals surface area contributed by atoms with Crippen LogP contribution in [-0.4, -0.2) is 36.0 Å². The monoisotopic (exact) mass is 315 g/mol. The van der Waals surface area contributed by atoms with Crippen LogP contribution in [0.1, 0.15) is 53.4 Å². The van der Waals surface area contributed by atoms with E-state index in [2.05, 4.69) is 10.6 Å². The van der Waals surface area contributed by atoms with Gasteiger partial charge in [-0.15, -0.1) is 0 Å².